The number of nitrogen functional groups attached to an aromatic ring is 1. The zero-order valence-electron chi connectivity index (χ0n) is 11.1. The number of carbonyl (C=O) groups excluding carboxylic acids is 1. The Morgan fingerprint density at radius 1 is 1.14 bits per heavy atom. The highest BCUT2D eigenvalue weighted by Gasteiger charge is 1.99. The molecule has 4 nitrogen and oxygen atoms in total. The maximum atomic E-state index is 11.8. The summed E-state index contributed by atoms with van der Waals surface area (Å²) in [5.41, 5.74) is 7.87. The van der Waals surface area contributed by atoms with Gasteiger partial charge in [-0.15, -0.1) is 0 Å². The molecule has 0 aromatic heterocycles. The fourth-order valence-corrected chi connectivity index (χ4v) is 2.00. The first-order valence-corrected chi connectivity index (χ1v) is 6.99. The van der Waals surface area contributed by atoms with E-state index in [-0.39, 0.29) is 5.91 Å². The molecule has 0 heterocycles. The van der Waals surface area contributed by atoms with Gasteiger partial charge in [-0.1, -0.05) is 12.1 Å². The molecule has 3 N–H and O–H groups in total. The minimum absolute atomic E-state index is 0.215. The summed E-state index contributed by atoms with van der Waals surface area (Å²) in [6.07, 6.45) is 3.18. The molecular formula is C16H13N3OS. The second kappa shape index (κ2) is 7.17. The van der Waals surface area contributed by atoms with Crippen molar-refractivity contribution in [3.05, 3.63) is 60.2 Å². The van der Waals surface area contributed by atoms with Crippen LogP contribution in [0.3, 0.4) is 0 Å². The van der Waals surface area contributed by atoms with Gasteiger partial charge < -0.3 is 11.1 Å². The molecule has 0 spiro atoms. The van der Waals surface area contributed by atoms with Crippen molar-refractivity contribution in [2.45, 2.75) is 4.90 Å². The predicted octanol–water partition coefficient (Wildman–Crippen LogP) is 3.49. The number of nitriles is 1. The van der Waals surface area contributed by atoms with E-state index >= 15 is 0 Å². The number of benzene rings is 2. The second-order valence-electron chi connectivity index (χ2n) is 4.21. The Labute approximate surface area is 127 Å². The molecule has 0 aliphatic carbocycles. The van der Waals surface area contributed by atoms with E-state index in [0.717, 1.165) is 22.2 Å². The monoisotopic (exact) mass is 295 g/mol. The van der Waals surface area contributed by atoms with Gasteiger partial charge >= 0.3 is 0 Å². The number of hydrogen-bond acceptors (Lipinski definition) is 4. The lowest BCUT2D eigenvalue weighted by Gasteiger charge is -2.02. The van der Waals surface area contributed by atoms with Crippen LogP contribution >= 0.6 is 11.8 Å². The number of thiocyanates is 1. The number of thioether (sulfide) groups is 1. The topological polar surface area (TPSA) is 78.9 Å². The normalized spacial score (nSPS) is 10.2. The molecule has 0 bridgehead atoms. The molecule has 2 aromatic carbocycles. The maximum Gasteiger partial charge on any atom is 0.248 e. The van der Waals surface area contributed by atoms with E-state index in [0.29, 0.717) is 11.4 Å². The first-order chi connectivity index (χ1) is 10.2. The molecule has 0 aliphatic rings. The van der Waals surface area contributed by atoms with Gasteiger partial charge in [0.2, 0.25) is 5.91 Å². The smallest absolute Gasteiger partial charge is 0.248 e. The van der Waals surface area contributed by atoms with Gasteiger partial charge in [-0.25, -0.2) is 0 Å². The van der Waals surface area contributed by atoms with Crippen LogP contribution in [0.4, 0.5) is 11.4 Å². The Balaban J connectivity index is 1.95. The third-order valence-electron chi connectivity index (χ3n) is 2.65. The van der Waals surface area contributed by atoms with Crippen molar-refractivity contribution in [3.63, 3.8) is 0 Å². The number of nitrogens with one attached hydrogen (secondary N) is 1. The fraction of sp³-hybridized carbons (Fsp3) is 0. The fourth-order valence-electron chi connectivity index (χ4n) is 1.62. The van der Waals surface area contributed by atoms with E-state index in [9.17, 15) is 4.79 Å². The molecule has 21 heavy (non-hydrogen) atoms. The zero-order chi connectivity index (χ0) is 15.1. The van der Waals surface area contributed by atoms with E-state index in [4.69, 9.17) is 11.0 Å². The van der Waals surface area contributed by atoms with Crippen LogP contribution in [0.2, 0.25) is 0 Å². The predicted molar refractivity (Wildman–Crippen MR) is 86.4 cm³/mol. The highest BCUT2D eigenvalue weighted by molar-refractivity contribution is 8.03. The summed E-state index contributed by atoms with van der Waals surface area (Å²) < 4.78 is 0. The number of nitrogens with zero attached hydrogens (tertiary/aromatic N) is 1. The van der Waals surface area contributed by atoms with Crippen LogP contribution in [-0.4, -0.2) is 5.91 Å². The lowest BCUT2D eigenvalue weighted by Crippen LogP contribution is -2.07. The first kappa shape index (κ1) is 14.7. The average molecular weight is 295 g/mol. The number of amides is 1. The summed E-state index contributed by atoms with van der Waals surface area (Å²) in [7, 11) is 0. The molecule has 0 radical (unpaired) electrons. The highest BCUT2D eigenvalue weighted by atomic mass is 32.2. The molecule has 0 aliphatic heterocycles. The summed E-state index contributed by atoms with van der Waals surface area (Å²) in [4.78, 5) is 12.6. The average Bonchev–Trinajstić information content (AvgIpc) is 2.49. The lowest BCUT2D eigenvalue weighted by atomic mass is 10.2. The molecule has 5 heteroatoms. The van der Waals surface area contributed by atoms with Crippen LogP contribution in [0.15, 0.2) is 59.5 Å². The number of nitrogens with two attached hydrogens (primary N) is 1. The van der Waals surface area contributed by atoms with E-state index in [1.165, 1.54) is 6.08 Å². The molecular weight excluding hydrogens is 282 g/mol. The number of rotatable bonds is 4. The molecule has 0 saturated carbocycles. The SMILES string of the molecule is N#CSc1ccc(NC(=O)/C=C/c2ccc(N)cc2)cc1. The Morgan fingerprint density at radius 3 is 2.43 bits per heavy atom. The van der Waals surface area contributed by atoms with Crippen LogP contribution in [0.25, 0.3) is 6.08 Å². The van der Waals surface area contributed by atoms with E-state index in [1.807, 2.05) is 17.5 Å². The molecule has 0 unspecified atom stereocenters. The Hall–Kier alpha value is -2.71. The minimum atomic E-state index is -0.215. The largest absolute Gasteiger partial charge is 0.399 e. The zero-order valence-corrected chi connectivity index (χ0v) is 11.9. The lowest BCUT2D eigenvalue weighted by molar-refractivity contribution is -0.111. The van der Waals surface area contributed by atoms with Crippen molar-refractivity contribution in [2.24, 2.45) is 0 Å². The summed E-state index contributed by atoms with van der Waals surface area (Å²) in [5, 5.41) is 13.3. The molecule has 0 fully saturated rings. The van der Waals surface area contributed by atoms with Gasteiger partial charge in [-0.2, -0.15) is 5.26 Å². The van der Waals surface area contributed by atoms with Gasteiger partial charge in [0.1, 0.15) is 5.40 Å². The molecule has 1 amide bonds. The third-order valence-corrected chi connectivity index (χ3v) is 3.25. The van der Waals surface area contributed by atoms with Gasteiger partial charge in [0.05, 0.1) is 0 Å². The summed E-state index contributed by atoms with van der Waals surface area (Å²) >= 11 is 1.08. The van der Waals surface area contributed by atoms with Crippen LogP contribution in [0, 0.1) is 10.7 Å². The third kappa shape index (κ3) is 4.71. The van der Waals surface area contributed by atoms with Crippen LogP contribution in [0.5, 0.6) is 0 Å². The van der Waals surface area contributed by atoms with Crippen LogP contribution < -0.4 is 11.1 Å². The van der Waals surface area contributed by atoms with Crippen molar-refractivity contribution in [2.75, 3.05) is 11.1 Å². The van der Waals surface area contributed by atoms with Crippen molar-refractivity contribution in [1.29, 1.82) is 5.26 Å². The molecule has 104 valence electrons. The van der Waals surface area contributed by atoms with E-state index in [2.05, 4.69) is 5.32 Å². The van der Waals surface area contributed by atoms with E-state index < -0.39 is 0 Å². The highest BCUT2D eigenvalue weighted by Crippen LogP contribution is 2.19. The minimum Gasteiger partial charge on any atom is -0.399 e. The summed E-state index contributed by atoms with van der Waals surface area (Å²) in [6.45, 7) is 0. The standard InChI is InChI=1S/C16H13N3OS/c17-11-21-15-8-6-14(7-9-15)19-16(20)10-3-12-1-4-13(18)5-2-12/h1-10H,18H2,(H,19,20)/b10-3+. The van der Waals surface area contributed by atoms with Gasteiger partial charge in [0.15, 0.2) is 0 Å². The number of carbonyl (C=O) groups is 1. The van der Waals surface area contributed by atoms with Gasteiger partial charge in [0, 0.05) is 22.3 Å². The first-order valence-electron chi connectivity index (χ1n) is 6.18. The van der Waals surface area contributed by atoms with Gasteiger partial charge in [0.25, 0.3) is 0 Å². The molecule has 0 saturated heterocycles. The van der Waals surface area contributed by atoms with E-state index in [1.54, 1.807) is 42.5 Å². The van der Waals surface area contributed by atoms with Crippen molar-refractivity contribution in [1.82, 2.24) is 0 Å². The second-order valence-corrected chi connectivity index (χ2v) is 5.07. The molecule has 2 aromatic rings. The van der Waals surface area contributed by atoms with Crippen LogP contribution in [0.1, 0.15) is 5.56 Å². The van der Waals surface area contributed by atoms with Gasteiger partial charge in [-0.05, 0) is 59.8 Å². The number of anilines is 2. The molecule has 2 rings (SSSR count). The Kier molecular flexibility index (Phi) is 5.02. The molecule has 0 atom stereocenters. The number of hydrogen-bond donors (Lipinski definition) is 2. The Morgan fingerprint density at radius 2 is 1.81 bits per heavy atom. The Bertz CT molecular complexity index is 685. The quantitative estimate of drug-likeness (QED) is 0.391. The van der Waals surface area contributed by atoms with Crippen molar-refractivity contribution < 1.29 is 4.79 Å². The van der Waals surface area contributed by atoms with Crippen LogP contribution in [-0.2, 0) is 4.79 Å². The van der Waals surface area contributed by atoms with Crippen molar-refractivity contribution in [3.8, 4) is 5.40 Å². The summed E-state index contributed by atoms with van der Waals surface area (Å²) in [5.74, 6) is -0.215. The maximum absolute atomic E-state index is 11.8. The summed E-state index contributed by atoms with van der Waals surface area (Å²) in [6, 6.07) is 14.3. The van der Waals surface area contributed by atoms with Crippen molar-refractivity contribution >= 4 is 35.1 Å². The van der Waals surface area contributed by atoms with Gasteiger partial charge in [-0.3, -0.25) is 4.79 Å².